The zero-order valence-electron chi connectivity index (χ0n) is 19.4. The normalized spacial score (nSPS) is 19.6. The summed E-state index contributed by atoms with van der Waals surface area (Å²) in [6.07, 6.45) is -0.555. The SMILES string of the molecule is CO[C@@H](c1ccc(O)cc1)[C@@H]1c2cc(O)cc(O)c2[C@H](c2cc(O)cc(O)c2)[C@H]1c1ccc(O)cc1. The van der Waals surface area contributed by atoms with E-state index in [4.69, 9.17) is 4.74 Å². The molecule has 184 valence electrons. The Morgan fingerprint density at radius 3 is 1.75 bits per heavy atom. The van der Waals surface area contributed by atoms with Gasteiger partial charge < -0.3 is 35.4 Å². The fourth-order valence-corrected chi connectivity index (χ4v) is 5.61. The van der Waals surface area contributed by atoms with Gasteiger partial charge in [-0.05, 0) is 64.7 Å². The van der Waals surface area contributed by atoms with Gasteiger partial charge in [-0.2, -0.15) is 0 Å². The molecule has 0 unspecified atom stereocenters. The van der Waals surface area contributed by atoms with Gasteiger partial charge in [-0.15, -0.1) is 0 Å². The molecule has 0 amide bonds. The Balaban J connectivity index is 1.80. The molecule has 0 heterocycles. The van der Waals surface area contributed by atoms with Gasteiger partial charge in [0.1, 0.15) is 34.5 Å². The molecule has 6 N–H and O–H groups in total. The van der Waals surface area contributed by atoms with E-state index in [0.717, 1.165) is 11.1 Å². The molecule has 0 aromatic heterocycles. The third kappa shape index (κ3) is 4.03. The lowest BCUT2D eigenvalue weighted by Crippen LogP contribution is -2.19. The quantitative estimate of drug-likeness (QED) is 0.225. The Hall–Kier alpha value is -4.36. The second-order valence-electron chi connectivity index (χ2n) is 9.12. The van der Waals surface area contributed by atoms with Crippen molar-refractivity contribution in [3.63, 3.8) is 0 Å². The summed E-state index contributed by atoms with van der Waals surface area (Å²) >= 11 is 0. The van der Waals surface area contributed by atoms with E-state index in [1.54, 1.807) is 73.8 Å². The summed E-state index contributed by atoms with van der Waals surface area (Å²) in [7, 11) is 1.57. The summed E-state index contributed by atoms with van der Waals surface area (Å²) in [5, 5.41) is 61.9. The Morgan fingerprint density at radius 2 is 1.17 bits per heavy atom. The first-order chi connectivity index (χ1) is 17.3. The van der Waals surface area contributed by atoms with Gasteiger partial charge in [-0.25, -0.2) is 0 Å². The number of phenolic OH excluding ortho intramolecular Hbond substituents is 6. The molecule has 0 fully saturated rings. The van der Waals surface area contributed by atoms with Gasteiger partial charge in [0.05, 0.1) is 6.10 Å². The van der Waals surface area contributed by atoms with Gasteiger partial charge in [-0.3, -0.25) is 0 Å². The fourth-order valence-electron chi connectivity index (χ4n) is 5.61. The highest BCUT2D eigenvalue weighted by atomic mass is 16.5. The maximum Gasteiger partial charge on any atom is 0.123 e. The van der Waals surface area contributed by atoms with Crippen LogP contribution < -0.4 is 0 Å². The summed E-state index contributed by atoms with van der Waals surface area (Å²) in [6.45, 7) is 0. The summed E-state index contributed by atoms with van der Waals surface area (Å²) in [4.78, 5) is 0. The number of fused-ring (bicyclic) bond motifs is 1. The minimum atomic E-state index is -0.555. The molecule has 0 saturated carbocycles. The van der Waals surface area contributed by atoms with Crippen LogP contribution in [-0.2, 0) is 4.74 Å². The van der Waals surface area contributed by atoms with Crippen LogP contribution in [0.5, 0.6) is 34.5 Å². The average molecular weight is 487 g/mol. The minimum Gasteiger partial charge on any atom is -0.508 e. The summed E-state index contributed by atoms with van der Waals surface area (Å²) in [5.41, 5.74) is 3.36. The van der Waals surface area contributed by atoms with Crippen molar-refractivity contribution in [1.82, 2.24) is 0 Å². The molecule has 0 aliphatic heterocycles. The molecular weight excluding hydrogens is 460 g/mol. The van der Waals surface area contributed by atoms with Gasteiger partial charge in [0.25, 0.3) is 0 Å². The van der Waals surface area contributed by atoms with Crippen molar-refractivity contribution in [3.8, 4) is 34.5 Å². The third-order valence-electron chi connectivity index (χ3n) is 6.95. The molecule has 1 aliphatic carbocycles. The van der Waals surface area contributed by atoms with Gasteiger partial charge in [-0.1, -0.05) is 24.3 Å². The Morgan fingerprint density at radius 1 is 0.611 bits per heavy atom. The molecule has 1 aliphatic rings. The van der Waals surface area contributed by atoms with Crippen LogP contribution in [0.4, 0.5) is 0 Å². The van der Waals surface area contributed by atoms with Crippen LogP contribution in [0.1, 0.15) is 51.7 Å². The molecule has 5 rings (SSSR count). The fraction of sp³-hybridized carbons (Fsp3) is 0.172. The first-order valence-electron chi connectivity index (χ1n) is 11.5. The molecular formula is C29H26O7. The number of hydrogen-bond acceptors (Lipinski definition) is 7. The lowest BCUT2D eigenvalue weighted by atomic mass is 9.75. The van der Waals surface area contributed by atoms with Crippen LogP contribution in [-0.4, -0.2) is 37.7 Å². The first kappa shape index (κ1) is 23.4. The molecule has 7 heteroatoms. The molecule has 4 aromatic carbocycles. The van der Waals surface area contributed by atoms with Crippen molar-refractivity contribution in [1.29, 1.82) is 0 Å². The Bertz CT molecular complexity index is 1380. The summed E-state index contributed by atoms with van der Waals surface area (Å²) in [5.74, 6) is -1.65. The number of rotatable bonds is 5. The van der Waals surface area contributed by atoms with Crippen LogP contribution in [0.15, 0.2) is 78.9 Å². The maximum absolute atomic E-state index is 11.1. The molecule has 0 bridgehead atoms. The zero-order chi connectivity index (χ0) is 25.6. The molecule has 36 heavy (non-hydrogen) atoms. The highest BCUT2D eigenvalue weighted by Crippen LogP contribution is 2.62. The highest BCUT2D eigenvalue weighted by molar-refractivity contribution is 5.61. The van der Waals surface area contributed by atoms with Crippen LogP contribution in [0, 0.1) is 0 Å². The Labute approximate surface area is 207 Å². The maximum atomic E-state index is 11.1. The Kier molecular flexibility index (Phi) is 5.86. The average Bonchev–Trinajstić information content (AvgIpc) is 3.16. The number of benzene rings is 4. The van der Waals surface area contributed by atoms with E-state index < -0.39 is 23.9 Å². The van der Waals surface area contributed by atoms with Gasteiger partial charge >= 0.3 is 0 Å². The topological polar surface area (TPSA) is 131 Å². The van der Waals surface area contributed by atoms with E-state index >= 15 is 0 Å². The van der Waals surface area contributed by atoms with E-state index in [9.17, 15) is 30.6 Å². The lowest BCUT2D eigenvalue weighted by Gasteiger charge is -2.32. The number of hydrogen-bond donors (Lipinski definition) is 6. The predicted octanol–water partition coefficient (Wildman–Crippen LogP) is 5.32. The number of ether oxygens (including phenoxy) is 1. The monoisotopic (exact) mass is 486 g/mol. The van der Waals surface area contributed by atoms with E-state index in [1.807, 2.05) is 0 Å². The smallest absolute Gasteiger partial charge is 0.123 e. The number of methoxy groups -OCH3 is 1. The van der Waals surface area contributed by atoms with E-state index in [2.05, 4.69) is 0 Å². The van der Waals surface area contributed by atoms with E-state index in [-0.39, 0.29) is 34.5 Å². The second-order valence-corrected chi connectivity index (χ2v) is 9.12. The molecule has 4 aromatic rings. The van der Waals surface area contributed by atoms with Gasteiger partial charge in [0, 0.05) is 42.6 Å². The molecule has 7 nitrogen and oxygen atoms in total. The summed E-state index contributed by atoms with van der Waals surface area (Å²) in [6, 6.07) is 20.6. The largest absolute Gasteiger partial charge is 0.508 e. The van der Waals surface area contributed by atoms with Crippen LogP contribution in [0.2, 0.25) is 0 Å². The van der Waals surface area contributed by atoms with Crippen LogP contribution in [0.25, 0.3) is 0 Å². The molecule has 0 saturated heterocycles. The van der Waals surface area contributed by atoms with E-state index in [0.29, 0.717) is 16.7 Å². The molecule has 0 radical (unpaired) electrons. The minimum absolute atomic E-state index is 0.0969. The second kappa shape index (κ2) is 9.02. The predicted molar refractivity (Wildman–Crippen MR) is 133 cm³/mol. The van der Waals surface area contributed by atoms with Crippen molar-refractivity contribution < 1.29 is 35.4 Å². The number of phenols is 6. The lowest BCUT2D eigenvalue weighted by molar-refractivity contribution is 0.0718. The summed E-state index contributed by atoms with van der Waals surface area (Å²) < 4.78 is 6.01. The first-order valence-corrected chi connectivity index (χ1v) is 11.5. The standard InChI is InChI=1S/C29H26O7/c1-36-29(16-4-8-19(31)9-5-16)28-23-13-22(34)14-24(35)27(23)26(17-10-20(32)12-21(33)11-17)25(28)15-2-6-18(30)7-3-15/h2-14,25-26,28-35H,1H3/t25-,26-,28-,29+/m1/s1. The van der Waals surface area contributed by atoms with Gasteiger partial charge in [0.15, 0.2) is 0 Å². The van der Waals surface area contributed by atoms with Crippen molar-refractivity contribution in [2.45, 2.75) is 23.9 Å². The van der Waals surface area contributed by atoms with Crippen molar-refractivity contribution in [3.05, 3.63) is 107 Å². The van der Waals surface area contributed by atoms with Crippen LogP contribution in [0.3, 0.4) is 0 Å². The van der Waals surface area contributed by atoms with Crippen molar-refractivity contribution in [2.75, 3.05) is 7.11 Å². The number of aromatic hydroxyl groups is 6. The van der Waals surface area contributed by atoms with E-state index in [1.165, 1.54) is 12.1 Å². The van der Waals surface area contributed by atoms with Crippen molar-refractivity contribution >= 4 is 0 Å². The zero-order valence-corrected chi connectivity index (χ0v) is 19.4. The van der Waals surface area contributed by atoms with Crippen molar-refractivity contribution in [2.24, 2.45) is 0 Å². The molecule has 0 spiro atoms. The van der Waals surface area contributed by atoms with Crippen LogP contribution >= 0.6 is 0 Å². The third-order valence-corrected chi connectivity index (χ3v) is 6.95. The highest BCUT2D eigenvalue weighted by Gasteiger charge is 2.48. The molecule has 4 atom stereocenters. The van der Waals surface area contributed by atoms with Gasteiger partial charge in [0.2, 0.25) is 0 Å².